The molecule has 4 nitrogen and oxygen atoms in total. The number of unbranched alkanes of at least 4 members (excludes halogenated alkanes) is 10. The zero-order valence-electron chi connectivity index (χ0n) is 16.1. The summed E-state index contributed by atoms with van der Waals surface area (Å²) in [5, 5.41) is 8.92. The number of aliphatic hydroxyl groups is 1. The van der Waals surface area contributed by atoms with Crippen LogP contribution in [0.15, 0.2) is 0 Å². The molecule has 0 aliphatic heterocycles. The maximum absolute atomic E-state index is 10.8. The topological polar surface area (TPSA) is 77.4 Å². The molecule has 140 valence electrons. The van der Waals surface area contributed by atoms with Crippen LogP contribution in [-0.2, 0) is 10.1 Å². The van der Waals surface area contributed by atoms with Crippen LogP contribution >= 0.6 is 0 Å². The van der Waals surface area contributed by atoms with Crippen molar-refractivity contribution in [1.82, 2.24) is 0 Å². The summed E-state index contributed by atoms with van der Waals surface area (Å²) in [6.07, 6.45) is 14.9. The third kappa shape index (κ3) is 18.3. The molecule has 0 bridgehead atoms. The molecule has 6 heteroatoms. The fourth-order valence-electron chi connectivity index (χ4n) is 2.76. The average molecular weight is 389 g/mol. The summed E-state index contributed by atoms with van der Waals surface area (Å²) in [5.74, 6) is 0. The van der Waals surface area contributed by atoms with E-state index >= 15 is 0 Å². The molecule has 2 unspecified atom stereocenters. The summed E-state index contributed by atoms with van der Waals surface area (Å²) in [4.78, 5) is 0. The Labute approximate surface area is 192 Å². The summed E-state index contributed by atoms with van der Waals surface area (Å²) in [6.45, 7) is 3.65. The van der Waals surface area contributed by atoms with E-state index < -0.39 is 21.5 Å². The van der Waals surface area contributed by atoms with Gasteiger partial charge in [-0.1, -0.05) is 77.6 Å². The fraction of sp³-hybridized carbons (Fsp3) is 1.00. The summed E-state index contributed by atoms with van der Waals surface area (Å²) < 4.78 is 32.3. The molecular formula is C18H37KO4S. The van der Waals surface area contributed by atoms with Gasteiger partial charge in [-0.3, -0.25) is 0 Å². The van der Waals surface area contributed by atoms with Crippen LogP contribution < -0.4 is 51.4 Å². The molecule has 0 heterocycles. The van der Waals surface area contributed by atoms with Gasteiger partial charge in [-0.25, -0.2) is 8.42 Å². The fourth-order valence-corrected chi connectivity index (χ4v) is 3.18. The Morgan fingerprint density at radius 2 is 1.21 bits per heavy atom. The number of hydrogen-bond donors (Lipinski definition) is 1. The Morgan fingerprint density at radius 1 is 0.792 bits per heavy atom. The van der Waals surface area contributed by atoms with Gasteiger partial charge in [0.05, 0.1) is 16.2 Å². The molecule has 2 atom stereocenters. The van der Waals surface area contributed by atoms with Gasteiger partial charge in [0.15, 0.2) is 0 Å². The monoisotopic (exact) mass is 388 g/mol. The van der Waals surface area contributed by atoms with Gasteiger partial charge in [0, 0.05) is 5.25 Å². The van der Waals surface area contributed by atoms with E-state index in [1.165, 1.54) is 64.7 Å². The van der Waals surface area contributed by atoms with Crippen LogP contribution in [0.25, 0.3) is 0 Å². The number of aliphatic hydroxyl groups excluding tert-OH is 1. The molecule has 0 amide bonds. The van der Waals surface area contributed by atoms with Gasteiger partial charge in [0.25, 0.3) is 0 Å². The minimum Gasteiger partial charge on any atom is -0.748 e. The standard InChI is InChI=1S/C18H38O4S.K/c1-3-4-5-6-7-8-9-10-11-12-13-14-18(19)16-15-17(2)23(20,21)22;/h17-19H,3-16H2,1-2H3,(H,20,21,22);/q;+1/p-1. The van der Waals surface area contributed by atoms with Gasteiger partial charge in [0.2, 0.25) is 0 Å². The maximum atomic E-state index is 10.8. The average Bonchev–Trinajstić information content (AvgIpc) is 2.49. The minimum atomic E-state index is -4.21. The van der Waals surface area contributed by atoms with Crippen molar-refractivity contribution in [2.45, 2.75) is 115 Å². The molecule has 0 saturated carbocycles. The zero-order valence-corrected chi connectivity index (χ0v) is 20.1. The Kier molecular flexibility index (Phi) is 20.7. The van der Waals surface area contributed by atoms with E-state index in [0.29, 0.717) is 12.8 Å². The number of hydrogen-bond acceptors (Lipinski definition) is 4. The minimum absolute atomic E-state index is 0. The summed E-state index contributed by atoms with van der Waals surface area (Å²) in [7, 11) is -4.21. The molecule has 0 spiro atoms. The molecule has 0 aromatic heterocycles. The van der Waals surface area contributed by atoms with Crippen LogP contribution in [0.3, 0.4) is 0 Å². The summed E-state index contributed by atoms with van der Waals surface area (Å²) in [6, 6.07) is 0. The molecule has 0 radical (unpaired) electrons. The van der Waals surface area contributed by atoms with Crippen LogP contribution in [0.5, 0.6) is 0 Å². The van der Waals surface area contributed by atoms with Gasteiger partial charge < -0.3 is 9.66 Å². The Balaban J connectivity index is 0. The second kappa shape index (κ2) is 17.9. The van der Waals surface area contributed by atoms with E-state index in [4.69, 9.17) is 0 Å². The van der Waals surface area contributed by atoms with Gasteiger partial charge in [0.1, 0.15) is 0 Å². The van der Waals surface area contributed by atoms with E-state index in [1.807, 2.05) is 0 Å². The molecular weight excluding hydrogens is 351 g/mol. The first kappa shape index (κ1) is 27.7. The van der Waals surface area contributed by atoms with Crippen molar-refractivity contribution in [3.05, 3.63) is 0 Å². The van der Waals surface area contributed by atoms with Gasteiger partial charge >= 0.3 is 51.4 Å². The first-order valence-corrected chi connectivity index (χ1v) is 11.0. The number of rotatable bonds is 16. The molecule has 0 aliphatic carbocycles. The van der Waals surface area contributed by atoms with Gasteiger partial charge in [-0.15, -0.1) is 0 Å². The SMILES string of the molecule is CCCCCCCCCCCCCC(O)CCC(C)S(=O)(=O)[O-].[K+]. The Morgan fingerprint density at radius 3 is 1.62 bits per heavy atom. The normalized spacial score (nSPS) is 14.2. The second-order valence-electron chi connectivity index (χ2n) is 6.86. The first-order valence-electron chi connectivity index (χ1n) is 9.50. The summed E-state index contributed by atoms with van der Waals surface area (Å²) in [5.41, 5.74) is 0. The molecule has 0 aromatic carbocycles. The van der Waals surface area contributed by atoms with Gasteiger partial charge in [-0.2, -0.15) is 0 Å². The van der Waals surface area contributed by atoms with Crippen molar-refractivity contribution in [1.29, 1.82) is 0 Å². The van der Waals surface area contributed by atoms with E-state index in [-0.39, 0.29) is 57.8 Å². The quantitative estimate of drug-likeness (QED) is 0.248. The van der Waals surface area contributed by atoms with Crippen molar-refractivity contribution in [3.8, 4) is 0 Å². The predicted octanol–water partition coefficient (Wildman–Crippen LogP) is 1.77. The van der Waals surface area contributed by atoms with E-state index in [2.05, 4.69) is 6.92 Å². The molecule has 0 aromatic rings. The van der Waals surface area contributed by atoms with E-state index in [9.17, 15) is 18.1 Å². The van der Waals surface area contributed by atoms with Crippen molar-refractivity contribution in [2.75, 3.05) is 0 Å². The molecule has 0 saturated heterocycles. The molecule has 1 N–H and O–H groups in total. The second-order valence-corrected chi connectivity index (χ2v) is 8.65. The summed E-state index contributed by atoms with van der Waals surface area (Å²) >= 11 is 0. The van der Waals surface area contributed by atoms with Crippen LogP contribution in [0.2, 0.25) is 0 Å². The third-order valence-electron chi connectivity index (χ3n) is 4.54. The van der Waals surface area contributed by atoms with Crippen LogP contribution in [0.4, 0.5) is 0 Å². The molecule has 0 aliphatic rings. The maximum Gasteiger partial charge on any atom is 1.00 e. The van der Waals surface area contributed by atoms with Crippen molar-refractivity contribution in [2.24, 2.45) is 0 Å². The van der Waals surface area contributed by atoms with Crippen molar-refractivity contribution < 1.29 is 69.5 Å². The van der Waals surface area contributed by atoms with Crippen LogP contribution in [0.1, 0.15) is 104 Å². The predicted molar refractivity (Wildman–Crippen MR) is 95.5 cm³/mol. The molecule has 0 rings (SSSR count). The molecule has 0 fully saturated rings. The van der Waals surface area contributed by atoms with Crippen molar-refractivity contribution >= 4 is 10.1 Å². The Hall–Kier alpha value is 1.51. The largest absolute Gasteiger partial charge is 1.00 e. The smallest absolute Gasteiger partial charge is 0.748 e. The third-order valence-corrected chi connectivity index (χ3v) is 5.76. The zero-order chi connectivity index (χ0) is 17.6. The van der Waals surface area contributed by atoms with E-state index in [0.717, 1.165) is 12.8 Å². The Bertz CT molecular complexity index is 360. The van der Waals surface area contributed by atoms with Gasteiger partial charge in [-0.05, 0) is 26.2 Å². The van der Waals surface area contributed by atoms with E-state index in [1.54, 1.807) is 0 Å². The first-order chi connectivity index (χ1) is 10.9. The molecule has 24 heavy (non-hydrogen) atoms. The van der Waals surface area contributed by atoms with Crippen molar-refractivity contribution in [3.63, 3.8) is 0 Å². The van der Waals surface area contributed by atoms with Crippen LogP contribution in [-0.4, -0.2) is 29.4 Å². The van der Waals surface area contributed by atoms with Crippen LogP contribution in [0, 0.1) is 0 Å².